The van der Waals surface area contributed by atoms with Crippen LogP contribution in [0.1, 0.15) is 11.1 Å². The van der Waals surface area contributed by atoms with E-state index in [1.807, 2.05) is 6.07 Å². The van der Waals surface area contributed by atoms with Crippen LogP contribution in [0.15, 0.2) is 41.4 Å². The van der Waals surface area contributed by atoms with Crippen molar-refractivity contribution < 1.29 is 27.4 Å². The van der Waals surface area contributed by atoms with Gasteiger partial charge < -0.3 is 24.8 Å². The molecule has 0 spiro atoms. The van der Waals surface area contributed by atoms with Gasteiger partial charge in [0, 0.05) is 31.8 Å². The van der Waals surface area contributed by atoms with E-state index in [4.69, 9.17) is 9.47 Å². The molecule has 0 aliphatic carbocycles. The predicted octanol–water partition coefficient (Wildman–Crippen LogP) is 3.68. The van der Waals surface area contributed by atoms with E-state index in [-0.39, 0.29) is 48.9 Å². The molecule has 0 radical (unpaired) electrons. The summed E-state index contributed by atoms with van der Waals surface area (Å²) in [7, 11) is 1.59. The van der Waals surface area contributed by atoms with Crippen molar-refractivity contribution in [3.8, 4) is 17.2 Å². The number of guanidine groups is 1. The van der Waals surface area contributed by atoms with Crippen molar-refractivity contribution in [3.63, 3.8) is 0 Å². The van der Waals surface area contributed by atoms with Gasteiger partial charge in [0.2, 0.25) is 6.79 Å². The third kappa shape index (κ3) is 6.58. The molecule has 0 amide bonds. The number of aliphatic imine (C=N–C) groups is 1. The van der Waals surface area contributed by atoms with Gasteiger partial charge in [-0.15, -0.1) is 24.0 Å². The van der Waals surface area contributed by atoms with Gasteiger partial charge in [0.05, 0.1) is 0 Å². The maximum absolute atomic E-state index is 13.2. The van der Waals surface area contributed by atoms with Gasteiger partial charge in [-0.1, -0.05) is 12.1 Å². The minimum atomic E-state index is -2.96. The summed E-state index contributed by atoms with van der Waals surface area (Å²) in [4.78, 5) is 4.09. The van der Waals surface area contributed by atoms with Crippen molar-refractivity contribution in [3.05, 3.63) is 53.3 Å². The normalized spacial score (nSPS) is 12.5. The fourth-order valence-electron chi connectivity index (χ4n) is 2.73. The van der Waals surface area contributed by atoms with Gasteiger partial charge in [0.25, 0.3) is 0 Å². The van der Waals surface area contributed by atoms with Gasteiger partial charge in [-0.25, -0.2) is 4.39 Å². The van der Waals surface area contributed by atoms with Crippen molar-refractivity contribution in [2.24, 2.45) is 4.99 Å². The van der Waals surface area contributed by atoms with Gasteiger partial charge in [0.1, 0.15) is 11.6 Å². The summed E-state index contributed by atoms with van der Waals surface area (Å²) in [6.07, 6.45) is 0.599. The Morgan fingerprint density at radius 2 is 1.93 bits per heavy atom. The highest BCUT2D eigenvalue weighted by molar-refractivity contribution is 14.0. The number of alkyl halides is 2. The van der Waals surface area contributed by atoms with Gasteiger partial charge in [-0.05, 0) is 30.2 Å². The van der Waals surface area contributed by atoms with Crippen molar-refractivity contribution in [2.75, 3.05) is 20.4 Å². The number of nitrogens with one attached hydrogen (secondary N) is 2. The second-order valence-corrected chi connectivity index (χ2v) is 5.92. The average Bonchev–Trinajstić information content (AvgIpc) is 3.11. The Morgan fingerprint density at radius 3 is 2.62 bits per heavy atom. The molecule has 0 saturated carbocycles. The van der Waals surface area contributed by atoms with Crippen LogP contribution < -0.4 is 24.8 Å². The van der Waals surface area contributed by atoms with Gasteiger partial charge >= 0.3 is 6.61 Å². The lowest BCUT2D eigenvalue weighted by Crippen LogP contribution is -2.38. The molecule has 2 aromatic carbocycles. The summed E-state index contributed by atoms with van der Waals surface area (Å²) >= 11 is 0. The van der Waals surface area contributed by atoms with Crippen molar-refractivity contribution in [1.29, 1.82) is 0 Å². The van der Waals surface area contributed by atoms with E-state index in [0.29, 0.717) is 36.0 Å². The number of rotatable bonds is 7. The van der Waals surface area contributed by atoms with E-state index in [2.05, 4.69) is 20.4 Å². The second-order valence-electron chi connectivity index (χ2n) is 5.92. The second kappa shape index (κ2) is 11.0. The van der Waals surface area contributed by atoms with Crippen LogP contribution in [0.4, 0.5) is 13.2 Å². The van der Waals surface area contributed by atoms with Crippen LogP contribution in [-0.2, 0) is 13.0 Å². The van der Waals surface area contributed by atoms with Crippen LogP contribution in [0.2, 0.25) is 0 Å². The smallest absolute Gasteiger partial charge is 0.387 e. The van der Waals surface area contributed by atoms with E-state index in [1.165, 1.54) is 18.2 Å². The number of nitrogens with zero attached hydrogens (tertiary/aromatic N) is 1. The minimum Gasteiger partial charge on any atom is -0.454 e. The summed E-state index contributed by atoms with van der Waals surface area (Å²) in [5.74, 6) is 1.01. The standard InChI is InChI=1S/C19H20F3N3O3.HI/c1-23-19(24-6-5-12-3-2-4-14(20)7-12)25-10-13-8-16-17(27-11-26-16)9-15(13)28-18(21)22;/h2-4,7-9,18H,5-6,10-11H2,1H3,(H2,23,24,25);1H. The first-order valence-corrected chi connectivity index (χ1v) is 8.61. The van der Waals surface area contributed by atoms with Crippen molar-refractivity contribution >= 4 is 29.9 Å². The molecular weight excluding hydrogens is 502 g/mol. The summed E-state index contributed by atoms with van der Waals surface area (Å²) in [5, 5.41) is 6.12. The molecule has 158 valence electrons. The van der Waals surface area contributed by atoms with E-state index in [9.17, 15) is 13.2 Å². The number of hydrogen-bond donors (Lipinski definition) is 2. The molecule has 29 heavy (non-hydrogen) atoms. The molecule has 0 aromatic heterocycles. The fraction of sp³-hybridized carbons (Fsp3) is 0.316. The molecule has 1 aliphatic heterocycles. The third-order valence-corrected chi connectivity index (χ3v) is 4.04. The Kier molecular flexibility index (Phi) is 8.68. The Morgan fingerprint density at radius 1 is 1.17 bits per heavy atom. The highest BCUT2D eigenvalue weighted by atomic mass is 127. The summed E-state index contributed by atoms with van der Waals surface area (Å²) in [5.41, 5.74) is 1.32. The minimum absolute atomic E-state index is 0. The van der Waals surface area contributed by atoms with Crippen LogP contribution in [0.5, 0.6) is 17.2 Å². The third-order valence-electron chi connectivity index (χ3n) is 4.04. The van der Waals surface area contributed by atoms with E-state index >= 15 is 0 Å². The number of benzene rings is 2. The Bertz CT molecular complexity index is 853. The molecule has 0 atom stereocenters. The topological polar surface area (TPSA) is 64.1 Å². The Balaban J connectivity index is 0.00000300. The van der Waals surface area contributed by atoms with Gasteiger partial charge in [0.15, 0.2) is 17.5 Å². The quantitative estimate of drug-likeness (QED) is 0.330. The summed E-state index contributed by atoms with van der Waals surface area (Å²) in [6.45, 7) is -2.23. The van der Waals surface area contributed by atoms with E-state index in [1.54, 1.807) is 19.2 Å². The molecule has 2 aromatic rings. The van der Waals surface area contributed by atoms with Crippen molar-refractivity contribution in [1.82, 2.24) is 10.6 Å². The van der Waals surface area contributed by atoms with E-state index < -0.39 is 6.61 Å². The average molecular weight is 523 g/mol. The first-order valence-electron chi connectivity index (χ1n) is 8.61. The van der Waals surface area contributed by atoms with Crippen molar-refractivity contribution in [2.45, 2.75) is 19.6 Å². The van der Waals surface area contributed by atoms with Crippen LogP contribution in [0, 0.1) is 5.82 Å². The maximum Gasteiger partial charge on any atom is 0.387 e. The maximum atomic E-state index is 13.2. The first-order chi connectivity index (χ1) is 13.5. The predicted molar refractivity (Wildman–Crippen MR) is 113 cm³/mol. The van der Waals surface area contributed by atoms with Crippen LogP contribution in [0.3, 0.4) is 0 Å². The number of fused-ring (bicyclic) bond motifs is 1. The zero-order valence-corrected chi connectivity index (χ0v) is 17.9. The number of hydrogen-bond acceptors (Lipinski definition) is 4. The highest BCUT2D eigenvalue weighted by Crippen LogP contribution is 2.38. The fourth-order valence-corrected chi connectivity index (χ4v) is 2.73. The highest BCUT2D eigenvalue weighted by Gasteiger charge is 2.20. The lowest BCUT2D eigenvalue weighted by atomic mass is 10.1. The molecule has 6 nitrogen and oxygen atoms in total. The van der Waals surface area contributed by atoms with Gasteiger partial charge in [-0.3, -0.25) is 4.99 Å². The molecule has 10 heteroatoms. The molecule has 0 bridgehead atoms. The molecular formula is C19H21F3IN3O3. The zero-order chi connectivity index (χ0) is 19.9. The Labute approximate surface area is 183 Å². The largest absolute Gasteiger partial charge is 0.454 e. The summed E-state index contributed by atoms with van der Waals surface area (Å²) in [6, 6.07) is 9.32. The summed E-state index contributed by atoms with van der Waals surface area (Å²) < 4.78 is 53.7. The molecule has 3 rings (SSSR count). The molecule has 1 heterocycles. The molecule has 2 N–H and O–H groups in total. The molecule has 0 fully saturated rings. The Hall–Kier alpha value is -2.37. The molecule has 1 aliphatic rings. The first kappa shape index (κ1) is 22.9. The monoisotopic (exact) mass is 523 g/mol. The molecule has 0 unspecified atom stereocenters. The van der Waals surface area contributed by atoms with Crippen LogP contribution in [0.25, 0.3) is 0 Å². The number of halogens is 4. The zero-order valence-electron chi connectivity index (χ0n) is 15.6. The van der Waals surface area contributed by atoms with Crippen LogP contribution in [-0.4, -0.2) is 33.0 Å². The lowest BCUT2D eigenvalue weighted by molar-refractivity contribution is -0.0505. The SMILES string of the molecule is CN=C(NCCc1cccc(F)c1)NCc1cc2c(cc1OC(F)F)OCO2.I. The number of ether oxygens (including phenoxy) is 3. The van der Waals surface area contributed by atoms with Gasteiger partial charge in [-0.2, -0.15) is 8.78 Å². The van der Waals surface area contributed by atoms with Crippen LogP contribution >= 0.6 is 24.0 Å². The van der Waals surface area contributed by atoms with E-state index in [0.717, 1.165) is 5.56 Å². The molecule has 0 saturated heterocycles. The lowest BCUT2D eigenvalue weighted by Gasteiger charge is -2.15.